The highest BCUT2D eigenvalue weighted by atomic mass is 16.3. The topological polar surface area (TPSA) is 74.0 Å². The minimum absolute atomic E-state index is 0.0802. The Morgan fingerprint density at radius 2 is 1.83 bits per heavy atom. The first kappa shape index (κ1) is 20.9. The van der Waals surface area contributed by atoms with E-state index in [9.17, 15) is 14.7 Å². The molecule has 1 amide bonds. The fraction of sp³-hybridized carbons (Fsp3) is 0.391. The van der Waals surface area contributed by atoms with Crippen LogP contribution in [0.3, 0.4) is 0 Å². The lowest BCUT2D eigenvalue weighted by molar-refractivity contribution is -0.140. The summed E-state index contributed by atoms with van der Waals surface area (Å²) in [5.41, 5.74) is 1.63. The number of nitrogens with zero attached hydrogens (tertiary/aromatic N) is 2. The lowest BCUT2D eigenvalue weighted by Crippen LogP contribution is -2.33. The Hall–Kier alpha value is -2.86. The van der Waals surface area contributed by atoms with Crippen molar-refractivity contribution in [3.8, 4) is 0 Å². The summed E-state index contributed by atoms with van der Waals surface area (Å²) >= 11 is 0. The van der Waals surface area contributed by atoms with Crippen LogP contribution in [0.1, 0.15) is 43.2 Å². The lowest BCUT2D eigenvalue weighted by atomic mass is 9.99. The maximum atomic E-state index is 12.9. The summed E-state index contributed by atoms with van der Waals surface area (Å²) < 4.78 is 5.55. The van der Waals surface area contributed by atoms with Gasteiger partial charge in [-0.2, -0.15) is 0 Å². The Balaban J connectivity index is 1.95. The second-order valence-electron chi connectivity index (χ2n) is 7.25. The Morgan fingerprint density at radius 3 is 2.41 bits per heavy atom. The van der Waals surface area contributed by atoms with E-state index in [4.69, 9.17) is 4.42 Å². The molecule has 0 aliphatic carbocycles. The van der Waals surface area contributed by atoms with Crippen molar-refractivity contribution in [2.24, 2.45) is 0 Å². The van der Waals surface area contributed by atoms with Gasteiger partial charge >= 0.3 is 0 Å². The molecule has 3 rings (SSSR count). The van der Waals surface area contributed by atoms with Crippen molar-refractivity contribution in [1.82, 2.24) is 9.80 Å². The van der Waals surface area contributed by atoms with Crippen molar-refractivity contribution in [3.63, 3.8) is 0 Å². The van der Waals surface area contributed by atoms with Crippen LogP contribution in [-0.4, -0.2) is 52.8 Å². The van der Waals surface area contributed by atoms with Crippen molar-refractivity contribution in [3.05, 3.63) is 65.1 Å². The van der Waals surface area contributed by atoms with E-state index >= 15 is 0 Å². The third kappa shape index (κ3) is 4.27. The zero-order valence-electron chi connectivity index (χ0n) is 17.2. The number of aryl methyl sites for hydroxylation is 1. The molecule has 1 unspecified atom stereocenters. The first-order valence-electron chi connectivity index (χ1n) is 10.1. The molecule has 1 saturated heterocycles. The van der Waals surface area contributed by atoms with Crippen molar-refractivity contribution >= 4 is 17.4 Å². The quantitative estimate of drug-likeness (QED) is 0.418. The van der Waals surface area contributed by atoms with Crippen LogP contribution in [0.2, 0.25) is 0 Å². The van der Waals surface area contributed by atoms with E-state index in [1.165, 1.54) is 11.2 Å². The number of benzene rings is 1. The third-order valence-corrected chi connectivity index (χ3v) is 5.45. The zero-order valence-corrected chi connectivity index (χ0v) is 17.2. The molecule has 1 aliphatic rings. The Morgan fingerprint density at radius 1 is 1.14 bits per heavy atom. The highest BCUT2D eigenvalue weighted by molar-refractivity contribution is 6.46. The summed E-state index contributed by atoms with van der Waals surface area (Å²) in [7, 11) is 0. The average molecular weight is 396 g/mol. The van der Waals surface area contributed by atoms with Crippen molar-refractivity contribution in [1.29, 1.82) is 0 Å². The Labute approximate surface area is 171 Å². The van der Waals surface area contributed by atoms with Gasteiger partial charge in [0.2, 0.25) is 0 Å². The van der Waals surface area contributed by atoms with Gasteiger partial charge in [-0.15, -0.1) is 0 Å². The molecule has 1 aromatic heterocycles. The van der Waals surface area contributed by atoms with Gasteiger partial charge in [0.25, 0.3) is 11.7 Å². The predicted octanol–water partition coefficient (Wildman–Crippen LogP) is 3.74. The van der Waals surface area contributed by atoms with Gasteiger partial charge < -0.3 is 19.3 Å². The van der Waals surface area contributed by atoms with E-state index in [1.54, 1.807) is 24.3 Å². The van der Waals surface area contributed by atoms with Gasteiger partial charge in [-0.25, -0.2) is 0 Å². The number of ketones is 1. The molecule has 6 heteroatoms. The van der Waals surface area contributed by atoms with E-state index in [0.717, 1.165) is 31.6 Å². The molecule has 0 bridgehead atoms. The minimum atomic E-state index is -0.719. The Kier molecular flexibility index (Phi) is 6.54. The molecule has 6 nitrogen and oxygen atoms in total. The maximum Gasteiger partial charge on any atom is 0.295 e. The van der Waals surface area contributed by atoms with Gasteiger partial charge in [-0.1, -0.05) is 43.7 Å². The number of aliphatic hydroxyl groups is 1. The predicted molar refractivity (Wildman–Crippen MR) is 111 cm³/mol. The van der Waals surface area contributed by atoms with Crippen molar-refractivity contribution < 1.29 is 19.1 Å². The molecule has 0 radical (unpaired) electrons. The lowest BCUT2D eigenvalue weighted by Gasteiger charge is -2.25. The highest BCUT2D eigenvalue weighted by Gasteiger charge is 2.47. The molecule has 154 valence electrons. The molecule has 0 spiro atoms. The van der Waals surface area contributed by atoms with Crippen LogP contribution in [0.15, 0.2) is 52.7 Å². The largest absolute Gasteiger partial charge is 0.507 e. The minimum Gasteiger partial charge on any atom is -0.507 e. The normalized spacial score (nSPS) is 18.8. The van der Waals surface area contributed by atoms with Crippen LogP contribution < -0.4 is 0 Å². The number of carbonyl (C=O) groups is 2. The monoisotopic (exact) mass is 396 g/mol. The number of amides is 1. The van der Waals surface area contributed by atoms with Crippen molar-refractivity contribution in [2.75, 3.05) is 26.2 Å². The van der Waals surface area contributed by atoms with Gasteiger partial charge in [0.1, 0.15) is 17.6 Å². The summed E-state index contributed by atoms with van der Waals surface area (Å²) in [4.78, 5) is 29.4. The van der Waals surface area contributed by atoms with E-state index in [2.05, 4.69) is 18.7 Å². The number of Topliss-reactive ketones (excluding diaryl/α,β-unsaturated/α-hetero) is 1. The second-order valence-corrected chi connectivity index (χ2v) is 7.25. The van der Waals surface area contributed by atoms with Crippen LogP contribution in [-0.2, 0) is 9.59 Å². The maximum absolute atomic E-state index is 12.9. The first-order chi connectivity index (χ1) is 14.0. The summed E-state index contributed by atoms with van der Waals surface area (Å²) in [6.45, 7) is 9.26. The average Bonchev–Trinajstić information content (AvgIpc) is 3.33. The van der Waals surface area contributed by atoms with Gasteiger partial charge in [0.05, 0.1) is 11.8 Å². The number of furan rings is 1. The van der Waals surface area contributed by atoms with Gasteiger partial charge in [0.15, 0.2) is 0 Å². The second kappa shape index (κ2) is 9.09. The van der Waals surface area contributed by atoms with Crippen LogP contribution in [0.4, 0.5) is 0 Å². The highest BCUT2D eigenvalue weighted by Crippen LogP contribution is 2.39. The number of aliphatic hydroxyl groups excluding tert-OH is 1. The molecular weight excluding hydrogens is 368 g/mol. The third-order valence-electron chi connectivity index (χ3n) is 5.45. The van der Waals surface area contributed by atoms with Crippen LogP contribution >= 0.6 is 0 Å². The summed E-state index contributed by atoms with van der Waals surface area (Å²) in [6.07, 6.45) is 2.24. The van der Waals surface area contributed by atoms with E-state index < -0.39 is 17.7 Å². The van der Waals surface area contributed by atoms with Gasteiger partial charge in [-0.3, -0.25) is 9.59 Å². The number of carbonyl (C=O) groups excluding carboxylic acids is 2. The van der Waals surface area contributed by atoms with Crippen LogP contribution in [0.25, 0.3) is 5.76 Å². The fourth-order valence-electron chi connectivity index (χ4n) is 3.72. The van der Waals surface area contributed by atoms with E-state index in [-0.39, 0.29) is 11.3 Å². The number of hydrogen-bond acceptors (Lipinski definition) is 5. The molecular formula is C23H28N2O4. The van der Waals surface area contributed by atoms with Crippen LogP contribution in [0.5, 0.6) is 0 Å². The number of rotatable bonds is 8. The SMILES string of the molecule is CCN(CC)CCCN1C(=O)C(=O)/C(=C(\O)c2ccc(C)cc2)C1c1ccco1. The number of likely N-dealkylation sites (tertiary alicyclic amines) is 1. The van der Waals surface area contributed by atoms with Crippen molar-refractivity contribution in [2.45, 2.75) is 33.2 Å². The zero-order chi connectivity index (χ0) is 21.0. The molecule has 29 heavy (non-hydrogen) atoms. The van der Waals surface area contributed by atoms with Crippen LogP contribution in [0, 0.1) is 6.92 Å². The number of hydrogen-bond donors (Lipinski definition) is 1. The molecule has 1 fully saturated rings. The fourth-order valence-corrected chi connectivity index (χ4v) is 3.72. The van der Waals surface area contributed by atoms with E-state index in [0.29, 0.717) is 17.9 Å². The molecule has 1 aromatic carbocycles. The molecule has 2 heterocycles. The summed E-state index contributed by atoms with van der Waals surface area (Å²) in [6, 6.07) is 9.94. The molecule has 1 N–H and O–H groups in total. The van der Waals surface area contributed by atoms with Gasteiger partial charge in [-0.05, 0) is 45.1 Å². The molecule has 0 saturated carbocycles. The standard InChI is InChI=1S/C23H28N2O4/c1-4-24(5-2)13-7-14-25-20(18-8-6-15-29-18)19(22(27)23(25)28)21(26)17-11-9-16(3)10-12-17/h6,8-12,15,20,26H,4-5,7,13-14H2,1-3H3/b21-19-. The molecule has 2 aromatic rings. The summed E-state index contributed by atoms with van der Waals surface area (Å²) in [5, 5.41) is 10.9. The van der Waals surface area contributed by atoms with Gasteiger partial charge in [0, 0.05) is 12.1 Å². The summed E-state index contributed by atoms with van der Waals surface area (Å²) in [5.74, 6) is -0.969. The molecule has 1 aliphatic heterocycles. The Bertz CT molecular complexity index is 880. The van der Waals surface area contributed by atoms with E-state index in [1.807, 2.05) is 19.1 Å². The molecule has 1 atom stereocenters. The first-order valence-corrected chi connectivity index (χ1v) is 10.1. The smallest absolute Gasteiger partial charge is 0.295 e.